The van der Waals surface area contributed by atoms with Gasteiger partial charge in [0.15, 0.2) is 0 Å². The highest BCUT2D eigenvalue weighted by Gasteiger charge is 2.26. The Bertz CT molecular complexity index is 1110. The van der Waals surface area contributed by atoms with Crippen LogP contribution in [-0.4, -0.2) is 43.2 Å². The highest BCUT2D eigenvalue weighted by Crippen LogP contribution is 2.27. The second-order valence-corrected chi connectivity index (χ2v) is 8.71. The highest BCUT2D eigenvalue weighted by atomic mass is 16.2. The average molecular weight is 396 g/mol. The predicted octanol–water partition coefficient (Wildman–Crippen LogP) is 2.47. The van der Waals surface area contributed by atoms with Crippen molar-refractivity contribution in [1.82, 2.24) is 24.1 Å². The zero-order chi connectivity index (χ0) is 20.5. The standard InChI is InChI=1S/C22H29N5O2/c1-15(2)14-25-7-4-17(10-16(25)3)11-18-5-9-27-19(12-18)20(13-23-27)26-8-6-21(28)24-22(26)29/h5-6,8-9,12-13,15-17H,4,7,10-11,14H2,1-3H3,(H,24,28,29)/t16-,17-/m1/s1. The number of nitrogens with one attached hydrogen (secondary N) is 1. The fraction of sp³-hybridized carbons (Fsp3) is 0.500. The van der Waals surface area contributed by atoms with Gasteiger partial charge in [-0.25, -0.2) is 9.31 Å². The maximum Gasteiger partial charge on any atom is 0.333 e. The van der Waals surface area contributed by atoms with Gasteiger partial charge >= 0.3 is 5.69 Å². The second-order valence-electron chi connectivity index (χ2n) is 8.71. The van der Waals surface area contributed by atoms with Gasteiger partial charge in [0.1, 0.15) is 0 Å². The Kier molecular flexibility index (Phi) is 5.41. The first-order valence-electron chi connectivity index (χ1n) is 10.4. The third-order valence-corrected chi connectivity index (χ3v) is 5.90. The van der Waals surface area contributed by atoms with Crippen LogP contribution in [0.2, 0.25) is 0 Å². The summed E-state index contributed by atoms with van der Waals surface area (Å²) in [7, 11) is 0. The molecule has 0 aliphatic carbocycles. The van der Waals surface area contributed by atoms with E-state index in [1.54, 1.807) is 10.7 Å². The number of aromatic amines is 1. The first-order chi connectivity index (χ1) is 13.9. The number of piperidine rings is 1. The minimum atomic E-state index is -0.454. The molecule has 1 N–H and O–H groups in total. The van der Waals surface area contributed by atoms with Crippen molar-refractivity contribution in [3.63, 3.8) is 0 Å². The van der Waals surface area contributed by atoms with E-state index in [-0.39, 0.29) is 0 Å². The van der Waals surface area contributed by atoms with Gasteiger partial charge in [-0.3, -0.25) is 14.3 Å². The van der Waals surface area contributed by atoms with Gasteiger partial charge in [-0.15, -0.1) is 0 Å². The molecule has 1 fully saturated rings. The number of aromatic nitrogens is 4. The van der Waals surface area contributed by atoms with Crippen molar-refractivity contribution in [2.75, 3.05) is 13.1 Å². The van der Waals surface area contributed by atoms with Crippen LogP contribution in [0.1, 0.15) is 39.2 Å². The number of likely N-dealkylation sites (tertiary alicyclic amines) is 1. The number of rotatable bonds is 5. The van der Waals surface area contributed by atoms with Gasteiger partial charge in [0.25, 0.3) is 5.56 Å². The molecule has 0 saturated carbocycles. The molecule has 3 aromatic rings. The second kappa shape index (κ2) is 7.99. The molecule has 7 nitrogen and oxygen atoms in total. The fourth-order valence-corrected chi connectivity index (χ4v) is 4.51. The summed E-state index contributed by atoms with van der Waals surface area (Å²) in [4.78, 5) is 28.5. The summed E-state index contributed by atoms with van der Waals surface area (Å²) in [6.45, 7) is 9.25. The summed E-state index contributed by atoms with van der Waals surface area (Å²) in [5.41, 5.74) is 1.94. The van der Waals surface area contributed by atoms with Crippen LogP contribution in [-0.2, 0) is 6.42 Å². The van der Waals surface area contributed by atoms with Gasteiger partial charge in [0.2, 0.25) is 0 Å². The molecule has 1 aliphatic rings. The first kappa shape index (κ1) is 19.6. The molecule has 0 unspecified atom stereocenters. The maximum absolute atomic E-state index is 12.2. The SMILES string of the molecule is CC(C)CN1CC[C@@H](Cc2ccn3ncc(-n4ccc(=O)[nH]c4=O)c3c2)C[C@H]1C. The highest BCUT2D eigenvalue weighted by molar-refractivity contribution is 5.64. The third kappa shape index (κ3) is 4.19. The quantitative estimate of drug-likeness (QED) is 0.720. The van der Waals surface area contributed by atoms with Crippen molar-refractivity contribution >= 4 is 5.52 Å². The largest absolute Gasteiger partial charge is 0.333 e. The Morgan fingerprint density at radius 1 is 1.24 bits per heavy atom. The van der Waals surface area contributed by atoms with Crippen LogP contribution in [0.15, 0.2) is 46.4 Å². The predicted molar refractivity (Wildman–Crippen MR) is 114 cm³/mol. The zero-order valence-electron chi connectivity index (χ0n) is 17.3. The molecule has 29 heavy (non-hydrogen) atoms. The normalized spacial score (nSPS) is 20.6. The van der Waals surface area contributed by atoms with E-state index in [2.05, 4.69) is 47.9 Å². The van der Waals surface area contributed by atoms with E-state index >= 15 is 0 Å². The topological polar surface area (TPSA) is 75.4 Å². The zero-order valence-corrected chi connectivity index (χ0v) is 17.3. The molecule has 3 aromatic heterocycles. The lowest BCUT2D eigenvalue weighted by Crippen LogP contribution is -2.43. The van der Waals surface area contributed by atoms with Crippen molar-refractivity contribution in [1.29, 1.82) is 0 Å². The molecule has 4 rings (SSSR count). The van der Waals surface area contributed by atoms with E-state index in [1.807, 2.05) is 6.20 Å². The average Bonchev–Trinajstić information content (AvgIpc) is 3.07. The third-order valence-electron chi connectivity index (χ3n) is 5.90. The lowest BCUT2D eigenvalue weighted by Gasteiger charge is -2.38. The fourth-order valence-electron chi connectivity index (χ4n) is 4.51. The summed E-state index contributed by atoms with van der Waals surface area (Å²) in [5, 5.41) is 4.35. The molecule has 2 atom stereocenters. The van der Waals surface area contributed by atoms with Crippen molar-refractivity contribution in [2.24, 2.45) is 11.8 Å². The van der Waals surface area contributed by atoms with Crippen LogP contribution in [0.3, 0.4) is 0 Å². The summed E-state index contributed by atoms with van der Waals surface area (Å²) < 4.78 is 3.20. The van der Waals surface area contributed by atoms with Crippen molar-refractivity contribution in [3.8, 4) is 5.69 Å². The Labute approximate surface area is 170 Å². The molecule has 154 valence electrons. The number of hydrogen-bond donors (Lipinski definition) is 1. The van der Waals surface area contributed by atoms with Gasteiger partial charge in [0, 0.05) is 31.0 Å². The molecule has 0 bridgehead atoms. The summed E-state index contributed by atoms with van der Waals surface area (Å²) in [6, 6.07) is 6.20. The summed E-state index contributed by atoms with van der Waals surface area (Å²) in [5.74, 6) is 1.37. The Hall–Kier alpha value is -2.67. The number of nitrogens with zero attached hydrogens (tertiary/aromatic N) is 4. The van der Waals surface area contributed by atoms with Gasteiger partial charge < -0.3 is 4.90 Å². The Morgan fingerprint density at radius 3 is 2.79 bits per heavy atom. The van der Waals surface area contributed by atoms with Crippen LogP contribution in [0, 0.1) is 11.8 Å². The minimum absolute atomic E-state index is 0.402. The lowest BCUT2D eigenvalue weighted by molar-refractivity contribution is 0.110. The van der Waals surface area contributed by atoms with Crippen LogP contribution in [0.4, 0.5) is 0 Å². The first-order valence-corrected chi connectivity index (χ1v) is 10.4. The van der Waals surface area contributed by atoms with Crippen molar-refractivity contribution in [3.05, 3.63) is 63.2 Å². The summed E-state index contributed by atoms with van der Waals surface area (Å²) in [6.07, 6.45) is 8.56. The number of fused-ring (bicyclic) bond motifs is 1. The van der Waals surface area contributed by atoms with Crippen molar-refractivity contribution in [2.45, 2.75) is 46.1 Å². The monoisotopic (exact) mass is 395 g/mol. The van der Waals surface area contributed by atoms with Crippen LogP contribution in [0.25, 0.3) is 11.2 Å². The number of H-pyrrole nitrogens is 1. The van der Waals surface area contributed by atoms with Gasteiger partial charge in [-0.2, -0.15) is 5.10 Å². The molecule has 7 heteroatoms. The molecule has 1 aliphatic heterocycles. The number of pyridine rings is 1. The Balaban J connectivity index is 1.55. The van der Waals surface area contributed by atoms with Crippen molar-refractivity contribution < 1.29 is 0 Å². The van der Waals surface area contributed by atoms with E-state index < -0.39 is 11.2 Å². The molecule has 0 amide bonds. The molecule has 0 aromatic carbocycles. The van der Waals surface area contributed by atoms with Crippen LogP contribution >= 0.6 is 0 Å². The van der Waals surface area contributed by atoms with Gasteiger partial charge in [0.05, 0.1) is 17.4 Å². The molecular formula is C22H29N5O2. The smallest absolute Gasteiger partial charge is 0.300 e. The number of hydrogen-bond acceptors (Lipinski definition) is 4. The van der Waals surface area contributed by atoms with Gasteiger partial charge in [-0.05, 0) is 62.3 Å². The van der Waals surface area contributed by atoms with Crippen LogP contribution < -0.4 is 11.2 Å². The molecule has 1 saturated heterocycles. The van der Waals surface area contributed by atoms with Gasteiger partial charge in [-0.1, -0.05) is 13.8 Å². The van der Waals surface area contributed by atoms with E-state index in [4.69, 9.17) is 0 Å². The van der Waals surface area contributed by atoms with E-state index in [9.17, 15) is 9.59 Å². The van der Waals surface area contributed by atoms with Crippen LogP contribution in [0.5, 0.6) is 0 Å². The minimum Gasteiger partial charge on any atom is -0.300 e. The van der Waals surface area contributed by atoms with E-state index in [1.165, 1.54) is 41.8 Å². The Morgan fingerprint density at radius 2 is 2.07 bits per heavy atom. The maximum atomic E-state index is 12.2. The molecule has 0 radical (unpaired) electrons. The lowest BCUT2D eigenvalue weighted by atomic mass is 9.86. The summed E-state index contributed by atoms with van der Waals surface area (Å²) >= 11 is 0. The molecule has 0 spiro atoms. The van der Waals surface area contributed by atoms with E-state index in [0.717, 1.165) is 18.5 Å². The molecular weight excluding hydrogens is 366 g/mol. The molecule has 4 heterocycles. The van der Waals surface area contributed by atoms with E-state index in [0.29, 0.717) is 23.6 Å².